The van der Waals surface area contributed by atoms with E-state index in [-0.39, 0.29) is 30.4 Å². The number of carbonyl (C=O) groups is 2. The molecule has 2 N–H and O–H groups in total. The van der Waals surface area contributed by atoms with Crippen LogP contribution in [0.5, 0.6) is 11.5 Å². The molecule has 1 saturated carbocycles. The molecule has 0 radical (unpaired) electrons. The molecule has 6 nitrogen and oxygen atoms in total. The Balaban J connectivity index is 1.19. The van der Waals surface area contributed by atoms with Gasteiger partial charge in [-0.25, -0.2) is 0 Å². The Morgan fingerprint density at radius 2 is 1.74 bits per heavy atom. The Hall–Kier alpha value is -3.02. The van der Waals surface area contributed by atoms with Crippen LogP contribution in [-0.2, 0) is 16.0 Å². The summed E-state index contributed by atoms with van der Waals surface area (Å²) in [7, 11) is 0. The molecule has 2 aromatic carbocycles. The van der Waals surface area contributed by atoms with Gasteiger partial charge in [-0.15, -0.1) is 0 Å². The van der Waals surface area contributed by atoms with Crippen molar-refractivity contribution in [2.45, 2.75) is 19.3 Å². The van der Waals surface area contributed by atoms with Crippen LogP contribution in [0.15, 0.2) is 48.5 Å². The third-order valence-corrected chi connectivity index (χ3v) is 4.89. The first kappa shape index (κ1) is 17.4. The van der Waals surface area contributed by atoms with Gasteiger partial charge in [0.05, 0.1) is 11.8 Å². The van der Waals surface area contributed by atoms with E-state index in [2.05, 4.69) is 22.8 Å². The number of anilines is 1. The van der Waals surface area contributed by atoms with Crippen molar-refractivity contribution in [2.75, 3.05) is 18.7 Å². The molecule has 2 aliphatic rings. The largest absolute Gasteiger partial charge is 0.454 e. The molecule has 0 spiro atoms. The number of nitrogens with one attached hydrogen (secondary N) is 2. The maximum Gasteiger partial charge on any atom is 0.231 e. The lowest BCUT2D eigenvalue weighted by atomic mass is 10.1. The Morgan fingerprint density at radius 1 is 0.963 bits per heavy atom. The van der Waals surface area contributed by atoms with Crippen molar-refractivity contribution >= 4 is 17.5 Å². The SMILES string of the molecule is O=C(NCCCc1ccccc1)C1CC1C(=O)Nc1ccc2c(c1)OCO2. The lowest BCUT2D eigenvalue weighted by molar-refractivity contribution is -0.125. The zero-order chi connectivity index (χ0) is 18.6. The van der Waals surface area contributed by atoms with Crippen LogP contribution in [0.25, 0.3) is 0 Å². The highest BCUT2D eigenvalue weighted by atomic mass is 16.7. The van der Waals surface area contributed by atoms with Gasteiger partial charge in [0, 0.05) is 18.3 Å². The van der Waals surface area contributed by atoms with Gasteiger partial charge in [-0.3, -0.25) is 9.59 Å². The number of fused-ring (bicyclic) bond motifs is 1. The summed E-state index contributed by atoms with van der Waals surface area (Å²) in [6, 6.07) is 15.5. The molecule has 0 saturated heterocycles. The molecular formula is C21H22N2O4. The molecule has 0 bridgehead atoms. The van der Waals surface area contributed by atoms with Gasteiger partial charge in [0.25, 0.3) is 0 Å². The Labute approximate surface area is 157 Å². The molecule has 1 fully saturated rings. The maximum atomic E-state index is 12.3. The van der Waals surface area contributed by atoms with Crippen LogP contribution >= 0.6 is 0 Å². The van der Waals surface area contributed by atoms with Gasteiger partial charge < -0.3 is 20.1 Å². The first-order chi connectivity index (χ1) is 13.2. The smallest absolute Gasteiger partial charge is 0.231 e. The molecule has 2 unspecified atom stereocenters. The van der Waals surface area contributed by atoms with Crippen LogP contribution in [0.3, 0.4) is 0 Å². The molecule has 6 heteroatoms. The van der Waals surface area contributed by atoms with Gasteiger partial charge >= 0.3 is 0 Å². The van der Waals surface area contributed by atoms with Crippen LogP contribution in [-0.4, -0.2) is 25.2 Å². The van der Waals surface area contributed by atoms with Gasteiger partial charge in [0.15, 0.2) is 11.5 Å². The minimum absolute atomic E-state index is 0.0334. The third-order valence-electron chi connectivity index (χ3n) is 4.89. The molecular weight excluding hydrogens is 344 g/mol. The first-order valence-corrected chi connectivity index (χ1v) is 9.23. The Morgan fingerprint density at radius 3 is 2.59 bits per heavy atom. The Bertz CT molecular complexity index is 837. The third kappa shape index (κ3) is 4.22. The molecule has 2 atom stereocenters. The van der Waals surface area contributed by atoms with Crippen LogP contribution in [0.1, 0.15) is 18.4 Å². The van der Waals surface area contributed by atoms with Gasteiger partial charge in [0.2, 0.25) is 18.6 Å². The minimum atomic E-state index is -0.260. The van der Waals surface area contributed by atoms with Crippen molar-refractivity contribution in [3.8, 4) is 11.5 Å². The Kier molecular flexibility index (Phi) is 4.96. The number of aryl methyl sites for hydroxylation is 1. The normalized spacial score (nSPS) is 19.4. The monoisotopic (exact) mass is 366 g/mol. The van der Waals surface area contributed by atoms with E-state index in [4.69, 9.17) is 9.47 Å². The summed E-state index contributed by atoms with van der Waals surface area (Å²) in [4.78, 5) is 24.6. The second-order valence-corrected chi connectivity index (χ2v) is 6.89. The lowest BCUT2D eigenvalue weighted by Gasteiger charge is -2.07. The highest BCUT2D eigenvalue weighted by molar-refractivity contribution is 5.99. The summed E-state index contributed by atoms with van der Waals surface area (Å²) in [5.41, 5.74) is 1.91. The topological polar surface area (TPSA) is 76.7 Å². The molecule has 27 heavy (non-hydrogen) atoms. The predicted molar refractivity (Wildman–Crippen MR) is 101 cm³/mol. The lowest BCUT2D eigenvalue weighted by Crippen LogP contribution is -2.28. The second-order valence-electron chi connectivity index (χ2n) is 6.89. The van der Waals surface area contributed by atoms with Crippen LogP contribution < -0.4 is 20.1 Å². The van der Waals surface area contributed by atoms with E-state index in [0.717, 1.165) is 12.8 Å². The van der Waals surface area contributed by atoms with E-state index in [1.54, 1.807) is 18.2 Å². The number of carbonyl (C=O) groups excluding carboxylic acids is 2. The van der Waals surface area contributed by atoms with Gasteiger partial charge in [-0.2, -0.15) is 0 Å². The molecule has 140 valence electrons. The molecule has 1 aliphatic carbocycles. The fourth-order valence-corrected chi connectivity index (χ4v) is 3.26. The number of benzene rings is 2. The van der Waals surface area contributed by atoms with Gasteiger partial charge in [-0.1, -0.05) is 30.3 Å². The maximum absolute atomic E-state index is 12.3. The molecule has 1 aliphatic heterocycles. The summed E-state index contributed by atoms with van der Waals surface area (Å²) in [5, 5.41) is 5.79. The summed E-state index contributed by atoms with van der Waals surface area (Å²) >= 11 is 0. The van der Waals surface area contributed by atoms with Gasteiger partial charge in [-0.05, 0) is 37.0 Å². The van der Waals surface area contributed by atoms with Crippen molar-refractivity contribution in [3.63, 3.8) is 0 Å². The highest BCUT2D eigenvalue weighted by Gasteiger charge is 2.47. The summed E-state index contributed by atoms with van der Waals surface area (Å²) in [5.74, 6) is 0.649. The van der Waals surface area contributed by atoms with Crippen molar-refractivity contribution in [1.29, 1.82) is 0 Å². The van der Waals surface area contributed by atoms with E-state index in [0.29, 0.717) is 30.2 Å². The van der Waals surface area contributed by atoms with Crippen LogP contribution in [0, 0.1) is 11.8 Å². The number of hydrogen-bond acceptors (Lipinski definition) is 4. The van der Waals surface area contributed by atoms with Crippen molar-refractivity contribution in [1.82, 2.24) is 5.32 Å². The van der Waals surface area contributed by atoms with E-state index < -0.39 is 0 Å². The summed E-state index contributed by atoms with van der Waals surface area (Å²) in [6.45, 7) is 0.822. The molecule has 2 aromatic rings. The zero-order valence-electron chi connectivity index (χ0n) is 14.9. The molecule has 4 rings (SSSR count). The molecule has 2 amide bonds. The first-order valence-electron chi connectivity index (χ1n) is 9.23. The number of ether oxygens (including phenoxy) is 2. The van der Waals surface area contributed by atoms with E-state index >= 15 is 0 Å². The summed E-state index contributed by atoms with van der Waals surface area (Å²) in [6.07, 6.45) is 2.41. The second kappa shape index (κ2) is 7.70. The van der Waals surface area contributed by atoms with Gasteiger partial charge in [0.1, 0.15) is 0 Å². The quantitative estimate of drug-likeness (QED) is 0.739. The van der Waals surface area contributed by atoms with Crippen LogP contribution in [0.2, 0.25) is 0 Å². The van der Waals surface area contributed by atoms with E-state index in [1.807, 2.05) is 18.2 Å². The molecule has 0 aromatic heterocycles. The number of amides is 2. The fraction of sp³-hybridized carbons (Fsp3) is 0.333. The van der Waals surface area contributed by atoms with E-state index in [9.17, 15) is 9.59 Å². The van der Waals surface area contributed by atoms with Crippen LogP contribution in [0.4, 0.5) is 5.69 Å². The fourth-order valence-electron chi connectivity index (χ4n) is 3.26. The number of hydrogen-bond donors (Lipinski definition) is 2. The van der Waals surface area contributed by atoms with Crippen molar-refractivity contribution < 1.29 is 19.1 Å². The minimum Gasteiger partial charge on any atom is -0.454 e. The average molecular weight is 366 g/mol. The van der Waals surface area contributed by atoms with Crippen molar-refractivity contribution in [2.24, 2.45) is 11.8 Å². The summed E-state index contributed by atoms with van der Waals surface area (Å²) < 4.78 is 10.6. The van der Waals surface area contributed by atoms with E-state index in [1.165, 1.54) is 5.56 Å². The number of rotatable bonds is 7. The predicted octanol–water partition coefficient (Wildman–Crippen LogP) is 2.74. The molecule has 1 heterocycles. The zero-order valence-corrected chi connectivity index (χ0v) is 14.9. The highest BCUT2D eigenvalue weighted by Crippen LogP contribution is 2.40. The average Bonchev–Trinajstić information content (AvgIpc) is 3.37. The van der Waals surface area contributed by atoms with Crippen molar-refractivity contribution in [3.05, 3.63) is 54.1 Å². The standard InChI is InChI=1S/C21H22N2O4/c24-20(22-10-4-7-14-5-2-1-3-6-14)16-12-17(16)21(25)23-15-8-9-18-19(11-15)27-13-26-18/h1-3,5-6,8-9,11,16-17H,4,7,10,12-13H2,(H,22,24)(H,23,25).